The van der Waals surface area contributed by atoms with E-state index >= 15 is 0 Å². The quantitative estimate of drug-likeness (QED) is 0.744. The predicted octanol–water partition coefficient (Wildman–Crippen LogP) is 2.20. The molecule has 0 spiro atoms. The van der Waals surface area contributed by atoms with E-state index in [1.807, 2.05) is 0 Å². The lowest BCUT2D eigenvalue weighted by molar-refractivity contribution is -0.119. The maximum Gasteiger partial charge on any atom is 0.342 e. The Morgan fingerprint density at radius 3 is 2.57 bits per heavy atom. The van der Waals surface area contributed by atoms with Crippen molar-refractivity contribution in [1.82, 2.24) is 15.1 Å². The summed E-state index contributed by atoms with van der Waals surface area (Å²) in [5.74, 6) is -1.35. The van der Waals surface area contributed by atoms with Gasteiger partial charge in [-0.1, -0.05) is 25.0 Å². The van der Waals surface area contributed by atoms with Crippen molar-refractivity contribution in [3.05, 3.63) is 47.3 Å². The lowest BCUT2D eigenvalue weighted by Gasteiger charge is -2.15. The molecule has 8 nitrogen and oxygen atoms in total. The largest absolute Gasteiger partial charge is 0.452 e. The van der Waals surface area contributed by atoms with Crippen LogP contribution < -0.4 is 10.6 Å². The summed E-state index contributed by atoms with van der Waals surface area (Å²) in [6.07, 6.45) is 5.59. The molecule has 1 heterocycles. The zero-order valence-corrected chi connectivity index (χ0v) is 16.0. The maximum absolute atomic E-state index is 12.5. The van der Waals surface area contributed by atoms with Crippen molar-refractivity contribution in [2.75, 3.05) is 11.9 Å². The molecule has 2 N–H and O–H groups in total. The van der Waals surface area contributed by atoms with Crippen LogP contribution in [-0.4, -0.2) is 40.2 Å². The first kappa shape index (κ1) is 19.6. The summed E-state index contributed by atoms with van der Waals surface area (Å²) in [6, 6.07) is 6.96. The fourth-order valence-corrected chi connectivity index (χ4v) is 3.22. The number of carbonyl (C=O) groups excluding carboxylic acids is 3. The van der Waals surface area contributed by atoms with Crippen LogP contribution in [0.5, 0.6) is 0 Å². The second-order valence-corrected chi connectivity index (χ2v) is 6.89. The molecule has 2 aromatic rings. The van der Waals surface area contributed by atoms with Crippen LogP contribution in [0.2, 0.25) is 0 Å². The van der Waals surface area contributed by atoms with Crippen LogP contribution in [0.1, 0.15) is 52.1 Å². The molecule has 1 saturated carbocycles. The molecule has 0 atom stereocenters. The number of aromatic nitrogens is 2. The minimum Gasteiger partial charge on any atom is -0.452 e. The van der Waals surface area contributed by atoms with Gasteiger partial charge in [0.15, 0.2) is 6.61 Å². The van der Waals surface area contributed by atoms with E-state index in [0.717, 1.165) is 25.7 Å². The number of para-hydroxylation sites is 1. The SMILES string of the molecule is Cc1c(C(=O)OCC(=O)Nc2ccccc2C(=O)NC2CCCC2)cnn1C. The second-order valence-electron chi connectivity index (χ2n) is 6.89. The Hall–Kier alpha value is -3.16. The fourth-order valence-electron chi connectivity index (χ4n) is 3.22. The van der Waals surface area contributed by atoms with Crippen LogP contribution in [0, 0.1) is 6.92 Å². The highest BCUT2D eigenvalue weighted by molar-refractivity contribution is 6.04. The highest BCUT2D eigenvalue weighted by atomic mass is 16.5. The van der Waals surface area contributed by atoms with Crippen molar-refractivity contribution in [3.63, 3.8) is 0 Å². The van der Waals surface area contributed by atoms with Crippen molar-refractivity contribution in [2.45, 2.75) is 38.6 Å². The van der Waals surface area contributed by atoms with E-state index in [2.05, 4.69) is 15.7 Å². The molecule has 1 aromatic heterocycles. The Balaban J connectivity index is 1.58. The molecule has 1 aromatic carbocycles. The zero-order valence-electron chi connectivity index (χ0n) is 16.0. The van der Waals surface area contributed by atoms with Gasteiger partial charge in [-0.25, -0.2) is 4.79 Å². The Kier molecular flexibility index (Phi) is 6.08. The molecule has 0 unspecified atom stereocenters. The van der Waals surface area contributed by atoms with E-state index in [-0.39, 0.29) is 11.9 Å². The summed E-state index contributed by atoms with van der Waals surface area (Å²) in [7, 11) is 1.71. The average molecular weight is 384 g/mol. The van der Waals surface area contributed by atoms with Gasteiger partial charge in [0.05, 0.1) is 17.4 Å². The summed E-state index contributed by atoms with van der Waals surface area (Å²) in [5, 5.41) is 9.63. The number of amides is 2. The van der Waals surface area contributed by atoms with Crippen molar-refractivity contribution in [2.24, 2.45) is 7.05 Å². The number of hydrogen-bond donors (Lipinski definition) is 2. The number of benzene rings is 1. The van der Waals surface area contributed by atoms with Gasteiger partial charge in [-0.3, -0.25) is 14.3 Å². The number of hydrogen-bond acceptors (Lipinski definition) is 5. The highest BCUT2D eigenvalue weighted by Crippen LogP contribution is 2.20. The molecule has 148 valence electrons. The third kappa shape index (κ3) is 4.57. The molecule has 8 heteroatoms. The van der Waals surface area contributed by atoms with Crippen LogP contribution in [0.15, 0.2) is 30.5 Å². The molecule has 1 aliphatic rings. The lowest BCUT2D eigenvalue weighted by atomic mass is 10.1. The molecular formula is C20H24N4O4. The summed E-state index contributed by atoms with van der Waals surface area (Å²) in [4.78, 5) is 36.8. The summed E-state index contributed by atoms with van der Waals surface area (Å²) in [6.45, 7) is 1.29. The number of rotatable bonds is 6. The molecule has 1 fully saturated rings. The van der Waals surface area contributed by atoms with Crippen molar-refractivity contribution in [1.29, 1.82) is 0 Å². The Bertz CT molecular complexity index is 884. The van der Waals surface area contributed by atoms with Gasteiger partial charge in [-0.2, -0.15) is 5.10 Å². The highest BCUT2D eigenvalue weighted by Gasteiger charge is 2.21. The second kappa shape index (κ2) is 8.69. The summed E-state index contributed by atoms with van der Waals surface area (Å²) in [5.41, 5.74) is 1.74. The van der Waals surface area contributed by atoms with E-state index in [1.165, 1.54) is 6.20 Å². The zero-order chi connectivity index (χ0) is 20.1. The molecule has 0 radical (unpaired) electrons. The molecular weight excluding hydrogens is 360 g/mol. The van der Waals surface area contributed by atoms with E-state index < -0.39 is 18.5 Å². The van der Waals surface area contributed by atoms with Crippen molar-refractivity contribution < 1.29 is 19.1 Å². The molecule has 0 bridgehead atoms. The van der Waals surface area contributed by atoms with E-state index in [9.17, 15) is 14.4 Å². The summed E-state index contributed by atoms with van der Waals surface area (Å²) >= 11 is 0. The molecule has 0 saturated heterocycles. The van der Waals surface area contributed by atoms with Gasteiger partial charge >= 0.3 is 5.97 Å². The number of nitrogens with one attached hydrogen (secondary N) is 2. The lowest BCUT2D eigenvalue weighted by Crippen LogP contribution is -2.33. The Morgan fingerprint density at radius 1 is 1.18 bits per heavy atom. The van der Waals surface area contributed by atoms with Gasteiger partial charge < -0.3 is 15.4 Å². The number of nitrogens with zero attached hydrogens (tertiary/aromatic N) is 2. The van der Waals surface area contributed by atoms with E-state index in [4.69, 9.17) is 4.74 Å². The first-order valence-corrected chi connectivity index (χ1v) is 9.31. The van der Waals surface area contributed by atoms with Gasteiger partial charge in [0.25, 0.3) is 11.8 Å². The standard InChI is InChI=1S/C20H24N4O4/c1-13-16(11-21-24(13)2)20(27)28-12-18(25)23-17-10-6-5-9-15(17)19(26)22-14-7-3-4-8-14/h5-6,9-11,14H,3-4,7-8,12H2,1-2H3,(H,22,26)(H,23,25). The first-order valence-electron chi connectivity index (χ1n) is 9.31. The Morgan fingerprint density at radius 2 is 1.89 bits per heavy atom. The number of aryl methyl sites for hydroxylation is 1. The monoisotopic (exact) mass is 384 g/mol. The van der Waals surface area contributed by atoms with Gasteiger partial charge in [-0.05, 0) is 31.9 Å². The Labute approximate surface area is 163 Å². The van der Waals surface area contributed by atoms with E-state index in [0.29, 0.717) is 22.5 Å². The topological polar surface area (TPSA) is 102 Å². The van der Waals surface area contributed by atoms with Crippen molar-refractivity contribution in [3.8, 4) is 0 Å². The first-order chi connectivity index (χ1) is 13.5. The maximum atomic E-state index is 12.5. The van der Waals surface area contributed by atoms with Gasteiger partial charge in [0, 0.05) is 18.8 Å². The van der Waals surface area contributed by atoms with E-state index in [1.54, 1.807) is 42.9 Å². The summed E-state index contributed by atoms with van der Waals surface area (Å²) < 4.78 is 6.61. The van der Waals surface area contributed by atoms with Gasteiger partial charge in [0.1, 0.15) is 5.56 Å². The molecule has 1 aliphatic carbocycles. The molecule has 3 rings (SSSR count). The third-order valence-corrected chi connectivity index (χ3v) is 4.93. The van der Waals surface area contributed by atoms with Crippen LogP contribution in [0.3, 0.4) is 0 Å². The number of esters is 1. The molecule has 2 amide bonds. The van der Waals surface area contributed by atoms with Crippen LogP contribution in [-0.2, 0) is 16.6 Å². The predicted molar refractivity (Wildman–Crippen MR) is 103 cm³/mol. The third-order valence-electron chi connectivity index (χ3n) is 4.93. The minimum absolute atomic E-state index is 0.180. The van der Waals surface area contributed by atoms with Gasteiger partial charge in [-0.15, -0.1) is 0 Å². The average Bonchev–Trinajstić information content (AvgIpc) is 3.30. The number of carbonyl (C=O) groups is 3. The fraction of sp³-hybridized carbons (Fsp3) is 0.400. The molecule has 28 heavy (non-hydrogen) atoms. The van der Waals surface area contributed by atoms with Crippen molar-refractivity contribution >= 4 is 23.5 Å². The van der Waals surface area contributed by atoms with Crippen LogP contribution in [0.4, 0.5) is 5.69 Å². The number of ether oxygens (including phenoxy) is 1. The van der Waals surface area contributed by atoms with Crippen LogP contribution in [0.25, 0.3) is 0 Å². The van der Waals surface area contributed by atoms with Gasteiger partial charge in [0.2, 0.25) is 0 Å². The minimum atomic E-state index is -0.618. The number of anilines is 1. The normalized spacial score (nSPS) is 13.9. The van der Waals surface area contributed by atoms with Crippen LogP contribution >= 0.6 is 0 Å². The molecule has 0 aliphatic heterocycles. The smallest absolute Gasteiger partial charge is 0.342 e.